The summed E-state index contributed by atoms with van der Waals surface area (Å²) >= 11 is 0. The second kappa shape index (κ2) is 13.2. The largest absolute Gasteiger partial charge is 0.469 e. The predicted molar refractivity (Wildman–Crippen MR) is 133 cm³/mol. The van der Waals surface area contributed by atoms with Gasteiger partial charge in [0.15, 0.2) is 11.6 Å². The molecule has 2 spiro atoms. The molecule has 0 aromatic rings. The molecule has 4 aliphatic rings. The summed E-state index contributed by atoms with van der Waals surface area (Å²) in [5.41, 5.74) is -0.863. The van der Waals surface area contributed by atoms with Crippen LogP contribution < -0.4 is 0 Å². The fourth-order valence-corrected chi connectivity index (χ4v) is 6.29. The molecule has 12 heteroatoms. The van der Waals surface area contributed by atoms with Crippen molar-refractivity contribution in [2.75, 3.05) is 54.9 Å². The van der Waals surface area contributed by atoms with Gasteiger partial charge in [0.25, 0.3) is 0 Å². The van der Waals surface area contributed by atoms with Crippen LogP contribution in [0.25, 0.3) is 0 Å². The summed E-state index contributed by atoms with van der Waals surface area (Å²) in [5.74, 6) is -4.34. The number of allylic oxidation sites excluding steroid dienone is 1. The predicted octanol–water partition coefficient (Wildman–Crippen LogP) is 1.93. The van der Waals surface area contributed by atoms with Crippen LogP contribution in [0.4, 0.5) is 0 Å². The summed E-state index contributed by atoms with van der Waals surface area (Å²) in [6, 6.07) is 0. The van der Waals surface area contributed by atoms with Crippen LogP contribution in [0.2, 0.25) is 0 Å². The number of carbonyl (C=O) groups is 4. The quantitative estimate of drug-likeness (QED) is 0.268. The van der Waals surface area contributed by atoms with Crippen LogP contribution >= 0.6 is 0 Å². The molecule has 2 aliphatic carbocycles. The molecule has 2 heterocycles. The van der Waals surface area contributed by atoms with E-state index in [1.807, 2.05) is 0 Å². The Hall–Kier alpha value is -2.54. The highest BCUT2D eigenvalue weighted by molar-refractivity contribution is 5.80. The molecule has 2 aliphatic heterocycles. The van der Waals surface area contributed by atoms with E-state index >= 15 is 0 Å². The van der Waals surface area contributed by atoms with Crippen LogP contribution in [-0.4, -0.2) is 90.3 Å². The van der Waals surface area contributed by atoms with Gasteiger partial charge in [-0.2, -0.15) is 0 Å². The molecule has 0 aromatic carbocycles. The van der Waals surface area contributed by atoms with Gasteiger partial charge < -0.3 is 37.9 Å². The Morgan fingerprint density at radius 1 is 0.692 bits per heavy atom. The van der Waals surface area contributed by atoms with Gasteiger partial charge >= 0.3 is 23.9 Å². The van der Waals surface area contributed by atoms with Crippen molar-refractivity contribution in [3.05, 3.63) is 12.7 Å². The summed E-state index contributed by atoms with van der Waals surface area (Å²) in [4.78, 5) is 47.7. The van der Waals surface area contributed by atoms with Gasteiger partial charge in [0.1, 0.15) is 0 Å². The van der Waals surface area contributed by atoms with Gasteiger partial charge in [-0.25, -0.2) is 0 Å². The maximum absolute atomic E-state index is 12.3. The van der Waals surface area contributed by atoms with Crippen molar-refractivity contribution >= 4 is 23.9 Å². The van der Waals surface area contributed by atoms with Crippen molar-refractivity contribution in [3.63, 3.8) is 0 Å². The van der Waals surface area contributed by atoms with E-state index in [1.165, 1.54) is 28.4 Å². The lowest BCUT2D eigenvalue weighted by molar-refractivity contribution is -0.223. The molecule has 4 unspecified atom stereocenters. The van der Waals surface area contributed by atoms with Crippen LogP contribution in [-0.2, 0) is 57.1 Å². The van der Waals surface area contributed by atoms with Gasteiger partial charge in [-0.05, 0) is 19.3 Å². The molecule has 39 heavy (non-hydrogen) atoms. The number of hydrogen-bond donors (Lipinski definition) is 0. The fourth-order valence-electron chi connectivity index (χ4n) is 6.29. The molecule has 0 amide bonds. The highest BCUT2D eigenvalue weighted by Crippen LogP contribution is 2.51. The van der Waals surface area contributed by atoms with Gasteiger partial charge in [-0.3, -0.25) is 19.2 Å². The Morgan fingerprint density at radius 2 is 1.13 bits per heavy atom. The molecule has 4 atom stereocenters. The highest BCUT2D eigenvalue weighted by Gasteiger charge is 2.57. The molecular weight excluding hydrogens is 516 g/mol. The van der Waals surface area contributed by atoms with Crippen molar-refractivity contribution in [1.82, 2.24) is 0 Å². The lowest BCUT2D eigenvalue weighted by Gasteiger charge is -2.45. The van der Waals surface area contributed by atoms with Gasteiger partial charge in [0.2, 0.25) is 0 Å². The second-order valence-electron chi connectivity index (χ2n) is 10.4. The molecule has 2 saturated heterocycles. The van der Waals surface area contributed by atoms with E-state index in [1.54, 1.807) is 6.08 Å². The summed E-state index contributed by atoms with van der Waals surface area (Å²) < 4.78 is 42.0. The SMILES string of the molecule is C=CCC1(C(=O)OC)CC(C(=O)OC)CC2(C1)OCCO2.COC(=O)C1CC(C(=O)OC)CC2(C1)OCCO2. The minimum atomic E-state index is -0.908. The Balaban J connectivity index is 0.000000218. The Labute approximate surface area is 228 Å². The molecule has 220 valence electrons. The Kier molecular flexibility index (Phi) is 10.5. The summed E-state index contributed by atoms with van der Waals surface area (Å²) in [7, 11) is 5.37. The standard InChI is InChI=1S/C15H22O6.C12H18O6/c1-4-5-14(13(17)19-3)8-11(12(16)18-2)9-15(10-14)20-6-7-21-15;1-15-10(13)8-5-9(11(14)16-2)7-12(6-8)17-3-4-18-12/h4,11H,1,5-10H2,2-3H3;8-9H,3-7H2,1-2H3. The molecule has 4 rings (SSSR count). The summed E-state index contributed by atoms with van der Waals surface area (Å²) in [6.45, 7) is 5.61. The van der Waals surface area contributed by atoms with Gasteiger partial charge in [0.05, 0.1) is 78.0 Å². The number of rotatable bonds is 6. The van der Waals surface area contributed by atoms with Gasteiger partial charge in [-0.15, -0.1) is 6.58 Å². The van der Waals surface area contributed by atoms with E-state index in [2.05, 4.69) is 6.58 Å². The number of esters is 4. The van der Waals surface area contributed by atoms with E-state index in [9.17, 15) is 19.2 Å². The zero-order valence-corrected chi connectivity index (χ0v) is 23.2. The molecule has 0 aromatic heterocycles. The number of hydrogen-bond acceptors (Lipinski definition) is 12. The normalized spacial score (nSPS) is 30.5. The molecule has 0 radical (unpaired) electrons. The van der Waals surface area contributed by atoms with Crippen LogP contribution in [0.5, 0.6) is 0 Å². The van der Waals surface area contributed by atoms with Crippen LogP contribution in [0.3, 0.4) is 0 Å². The lowest BCUT2D eigenvalue weighted by Crippen LogP contribution is -2.51. The average Bonchev–Trinajstić information content (AvgIpc) is 3.60. The van der Waals surface area contributed by atoms with E-state index in [0.29, 0.717) is 71.4 Å². The average molecular weight is 557 g/mol. The van der Waals surface area contributed by atoms with Gasteiger partial charge in [0, 0.05) is 25.7 Å². The van der Waals surface area contributed by atoms with E-state index in [-0.39, 0.29) is 35.7 Å². The first-order chi connectivity index (χ1) is 18.6. The van der Waals surface area contributed by atoms with E-state index in [4.69, 9.17) is 37.9 Å². The fraction of sp³-hybridized carbons (Fsp3) is 0.778. The summed E-state index contributed by atoms with van der Waals surface area (Å²) in [5, 5.41) is 0. The van der Waals surface area contributed by atoms with Crippen molar-refractivity contribution in [2.24, 2.45) is 23.2 Å². The van der Waals surface area contributed by atoms with Crippen LogP contribution in [0.15, 0.2) is 12.7 Å². The third-order valence-corrected chi connectivity index (χ3v) is 7.87. The molecule has 0 N–H and O–H groups in total. The zero-order chi connectivity index (χ0) is 28.7. The number of ether oxygens (including phenoxy) is 8. The van der Waals surface area contributed by atoms with Gasteiger partial charge in [-0.1, -0.05) is 6.08 Å². The number of methoxy groups -OCH3 is 4. The zero-order valence-electron chi connectivity index (χ0n) is 23.2. The first-order valence-electron chi connectivity index (χ1n) is 13.1. The van der Waals surface area contributed by atoms with E-state index in [0.717, 1.165) is 0 Å². The topological polar surface area (TPSA) is 142 Å². The third kappa shape index (κ3) is 6.97. The first kappa shape index (κ1) is 31.0. The maximum Gasteiger partial charge on any atom is 0.312 e. The van der Waals surface area contributed by atoms with Crippen LogP contribution in [0.1, 0.15) is 44.9 Å². The van der Waals surface area contributed by atoms with Crippen molar-refractivity contribution in [2.45, 2.75) is 56.5 Å². The maximum atomic E-state index is 12.3. The molecular formula is C27H40O12. The van der Waals surface area contributed by atoms with Crippen molar-refractivity contribution in [3.8, 4) is 0 Å². The second-order valence-corrected chi connectivity index (χ2v) is 10.4. The molecule has 4 fully saturated rings. The highest BCUT2D eigenvalue weighted by atomic mass is 16.7. The molecule has 12 nitrogen and oxygen atoms in total. The lowest BCUT2D eigenvalue weighted by atomic mass is 9.65. The smallest absolute Gasteiger partial charge is 0.312 e. The monoisotopic (exact) mass is 556 g/mol. The van der Waals surface area contributed by atoms with Crippen molar-refractivity contribution < 1.29 is 57.1 Å². The molecule has 0 bridgehead atoms. The van der Waals surface area contributed by atoms with E-state index < -0.39 is 22.9 Å². The third-order valence-electron chi connectivity index (χ3n) is 7.87. The Bertz CT molecular complexity index is 878. The summed E-state index contributed by atoms with van der Waals surface area (Å²) in [6.07, 6.45) is 4.49. The minimum Gasteiger partial charge on any atom is -0.469 e. The minimum absolute atomic E-state index is 0.331. The van der Waals surface area contributed by atoms with Crippen molar-refractivity contribution in [1.29, 1.82) is 0 Å². The first-order valence-corrected chi connectivity index (χ1v) is 13.1. The number of carbonyl (C=O) groups excluding carboxylic acids is 4. The van der Waals surface area contributed by atoms with Crippen LogP contribution in [0, 0.1) is 23.2 Å². The molecule has 2 saturated carbocycles. The Morgan fingerprint density at radius 3 is 1.56 bits per heavy atom.